The lowest BCUT2D eigenvalue weighted by atomic mass is 9.95. The molecular weight excluding hydrogens is 434 g/mol. The molecule has 2 N–H and O–H groups in total. The van der Waals surface area contributed by atoms with Gasteiger partial charge in [0.25, 0.3) is 0 Å². The fourth-order valence-electron chi connectivity index (χ4n) is 4.06. The number of carbonyl (C=O) groups is 1. The van der Waals surface area contributed by atoms with Gasteiger partial charge >= 0.3 is 5.97 Å². The maximum absolute atomic E-state index is 13.2. The Morgan fingerprint density at radius 1 is 1.15 bits per heavy atom. The fraction of sp³-hybridized carbons (Fsp3) is 0.240. The summed E-state index contributed by atoms with van der Waals surface area (Å²) in [5.41, 5.74) is 4.40. The van der Waals surface area contributed by atoms with E-state index >= 15 is 0 Å². The minimum Gasteiger partial charge on any atom is -0.459 e. The summed E-state index contributed by atoms with van der Waals surface area (Å²) in [6.07, 6.45) is 1.72. The zero-order valence-electron chi connectivity index (χ0n) is 18.7. The molecule has 33 heavy (non-hydrogen) atoms. The van der Waals surface area contributed by atoms with Crippen LogP contribution in [0.2, 0.25) is 0 Å². The quantitative estimate of drug-likeness (QED) is 0.301. The number of anilines is 1. The largest absolute Gasteiger partial charge is 0.459 e. The Balaban J connectivity index is 1.57. The number of thioether (sulfide) groups is 1. The summed E-state index contributed by atoms with van der Waals surface area (Å²) in [5.74, 6) is 1.01. The number of aromatic nitrogens is 4. The summed E-state index contributed by atoms with van der Waals surface area (Å²) >= 11 is 1.57. The van der Waals surface area contributed by atoms with Crippen molar-refractivity contribution in [1.82, 2.24) is 19.7 Å². The average Bonchev–Trinajstić information content (AvgIpc) is 3.40. The molecule has 8 heteroatoms. The van der Waals surface area contributed by atoms with Crippen LogP contribution in [-0.2, 0) is 15.3 Å². The molecule has 1 aliphatic heterocycles. The van der Waals surface area contributed by atoms with Gasteiger partial charge in [-0.25, -0.2) is 9.48 Å². The van der Waals surface area contributed by atoms with Gasteiger partial charge in [-0.2, -0.15) is 4.98 Å². The van der Waals surface area contributed by atoms with Gasteiger partial charge in [0.1, 0.15) is 6.04 Å². The molecule has 0 amide bonds. The molecular formula is C25H25N5O2S. The van der Waals surface area contributed by atoms with Crippen molar-refractivity contribution in [3.8, 4) is 0 Å². The molecule has 0 spiro atoms. The first-order chi connectivity index (χ1) is 16.0. The SMILES string of the molecule is CC1=C(C(=O)OC(C)C)C(c2c[nH]c3ccccc23)n2nc(SCc3ccccc3)nc2N1. The highest BCUT2D eigenvalue weighted by molar-refractivity contribution is 7.98. The average molecular weight is 460 g/mol. The highest BCUT2D eigenvalue weighted by Crippen LogP contribution is 2.39. The van der Waals surface area contributed by atoms with Crippen molar-refractivity contribution in [1.29, 1.82) is 0 Å². The van der Waals surface area contributed by atoms with Crippen molar-refractivity contribution in [2.75, 3.05) is 5.32 Å². The molecule has 0 saturated heterocycles. The first-order valence-corrected chi connectivity index (χ1v) is 11.9. The summed E-state index contributed by atoms with van der Waals surface area (Å²) in [6, 6.07) is 17.8. The molecule has 1 aliphatic rings. The fourth-order valence-corrected chi connectivity index (χ4v) is 4.85. The number of esters is 1. The molecule has 3 heterocycles. The van der Waals surface area contributed by atoms with E-state index in [-0.39, 0.29) is 12.1 Å². The molecule has 1 atom stereocenters. The number of carbonyl (C=O) groups excluding carboxylic acids is 1. The lowest BCUT2D eigenvalue weighted by Gasteiger charge is -2.28. The van der Waals surface area contributed by atoms with Crippen molar-refractivity contribution in [2.24, 2.45) is 0 Å². The number of nitrogens with zero attached hydrogens (tertiary/aromatic N) is 3. The number of para-hydroxylation sites is 1. The molecule has 4 aromatic rings. The summed E-state index contributed by atoms with van der Waals surface area (Å²) in [5, 5.41) is 9.76. The second-order valence-electron chi connectivity index (χ2n) is 8.25. The van der Waals surface area contributed by atoms with Crippen LogP contribution in [0.1, 0.15) is 37.9 Å². The number of hydrogen-bond donors (Lipinski definition) is 2. The molecule has 2 aromatic carbocycles. The van der Waals surface area contributed by atoms with Crippen LogP contribution in [0.5, 0.6) is 0 Å². The molecule has 168 valence electrons. The monoisotopic (exact) mass is 459 g/mol. The van der Waals surface area contributed by atoms with Gasteiger partial charge in [-0.05, 0) is 32.4 Å². The van der Waals surface area contributed by atoms with E-state index in [2.05, 4.69) is 22.4 Å². The number of rotatable bonds is 6. The van der Waals surface area contributed by atoms with E-state index in [9.17, 15) is 4.79 Å². The highest BCUT2D eigenvalue weighted by Gasteiger charge is 2.36. The van der Waals surface area contributed by atoms with E-state index in [0.717, 1.165) is 27.9 Å². The first kappa shape index (κ1) is 21.3. The first-order valence-electron chi connectivity index (χ1n) is 10.9. The van der Waals surface area contributed by atoms with Gasteiger partial charge in [-0.3, -0.25) is 0 Å². The molecule has 0 radical (unpaired) electrons. The standard InChI is InChI=1S/C25H25N5O2S/c1-15(2)32-23(31)21-16(3)27-24-28-25(33-14-17-9-5-4-6-10-17)29-30(24)22(21)19-13-26-20-12-8-7-11-18(19)20/h4-13,15,22,26H,14H2,1-3H3,(H,27,28,29). The zero-order valence-corrected chi connectivity index (χ0v) is 19.5. The van der Waals surface area contributed by atoms with Crippen molar-refractivity contribution >= 4 is 34.6 Å². The van der Waals surface area contributed by atoms with E-state index in [0.29, 0.717) is 16.7 Å². The van der Waals surface area contributed by atoms with Crippen LogP contribution in [0.4, 0.5) is 5.95 Å². The van der Waals surface area contributed by atoms with Gasteiger partial charge in [-0.1, -0.05) is 60.3 Å². The molecule has 0 aliphatic carbocycles. The number of benzene rings is 2. The minimum absolute atomic E-state index is 0.226. The minimum atomic E-state index is -0.456. The molecule has 0 bridgehead atoms. The van der Waals surface area contributed by atoms with Crippen LogP contribution in [-0.4, -0.2) is 31.8 Å². The Bertz CT molecular complexity index is 1340. The molecule has 1 unspecified atom stereocenters. The van der Waals surface area contributed by atoms with Crippen LogP contribution >= 0.6 is 11.8 Å². The van der Waals surface area contributed by atoms with Gasteiger partial charge in [0.15, 0.2) is 0 Å². The van der Waals surface area contributed by atoms with Crippen molar-refractivity contribution in [3.05, 3.63) is 83.2 Å². The van der Waals surface area contributed by atoms with Crippen molar-refractivity contribution in [2.45, 2.75) is 43.8 Å². The summed E-state index contributed by atoms with van der Waals surface area (Å²) in [4.78, 5) is 21.2. The van der Waals surface area contributed by atoms with E-state index in [1.165, 1.54) is 5.56 Å². The molecule has 2 aromatic heterocycles. The van der Waals surface area contributed by atoms with E-state index in [4.69, 9.17) is 14.8 Å². The molecule has 0 saturated carbocycles. The number of aromatic amines is 1. The van der Waals surface area contributed by atoms with Gasteiger partial charge in [-0.15, -0.1) is 5.10 Å². The van der Waals surface area contributed by atoms with Crippen LogP contribution in [0.25, 0.3) is 10.9 Å². The number of allylic oxidation sites excluding steroid dienone is 1. The van der Waals surface area contributed by atoms with Gasteiger partial charge < -0.3 is 15.0 Å². The molecule has 0 fully saturated rings. The normalized spacial score (nSPS) is 15.6. The van der Waals surface area contributed by atoms with Gasteiger partial charge in [0.2, 0.25) is 11.1 Å². The number of hydrogen-bond acceptors (Lipinski definition) is 6. The highest BCUT2D eigenvalue weighted by atomic mass is 32.2. The molecule has 7 nitrogen and oxygen atoms in total. The van der Waals surface area contributed by atoms with E-state index in [1.807, 2.05) is 69.4 Å². The predicted molar refractivity (Wildman–Crippen MR) is 130 cm³/mol. The van der Waals surface area contributed by atoms with Crippen molar-refractivity contribution in [3.63, 3.8) is 0 Å². The number of fused-ring (bicyclic) bond motifs is 2. The third-order valence-electron chi connectivity index (χ3n) is 5.52. The topological polar surface area (TPSA) is 84.8 Å². The summed E-state index contributed by atoms with van der Waals surface area (Å²) in [6.45, 7) is 5.58. The van der Waals surface area contributed by atoms with Crippen LogP contribution < -0.4 is 5.32 Å². The van der Waals surface area contributed by atoms with Crippen LogP contribution in [0, 0.1) is 0 Å². The smallest absolute Gasteiger partial charge is 0.338 e. The Morgan fingerprint density at radius 3 is 2.70 bits per heavy atom. The lowest BCUT2D eigenvalue weighted by Crippen LogP contribution is -2.30. The Kier molecular flexibility index (Phi) is 5.68. The predicted octanol–water partition coefficient (Wildman–Crippen LogP) is 5.29. The second kappa shape index (κ2) is 8.78. The maximum atomic E-state index is 13.2. The van der Waals surface area contributed by atoms with Gasteiger partial charge in [0, 0.05) is 34.1 Å². The van der Waals surface area contributed by atoms with E-state index in [1.54, 1.807) is 16.4 Å². The summed E-state index contributed by atoms with van der Waals surface area (Å²) in [7, 11) is 0. The van der Waals surface area contributed by atoms with E-state index < -0.39 is 6.04 Å². The number of H-pyrrole nitrogens is 1. The Morgan fingerprint density at radius 2 is 1.91 bits per heavy atom. The zero-order chi connectivity index (χ0) is 22.9. The molecule has 5 rings (SSSR count). The lowest BCUT2D eigenvalue weighted by molar-refractivity contribution is -0.143. The van der Waals surface area contributed by atoms with Crippen LogP contribution in [0.15, 0.2) is 77.2 Å². The summed E-state index contributed by atoms with van der Waals surface area (Å²) < 4.78 is 7.41. The van der Waals surface area contributed by atoms with Crippen LogP contribution in [0.3, 0.4) is 0 Å². The number of ether oxygens (including phenoxy) is 1. The second-order valence-corrected chi connectivity index (χ2v) is 9.19. The number of nitrogens with one attached hydrogen (secondary N) is 2. The third kappa shape index (κ3) is 4.14. The third-order valence-corrected chi connectivity index (χ3v) is 6.43. The Hall–Kier alpha value is -3.52. The van der Waals surface area contributed by atoms with Gasteiger partial charge in [0.05, 0.1) is 11.7 Å². The Labute approximate surface area is 196 Å². The van der Waals surface area contributed by atoms with Crippen molar-refractivity contribution < 1.29 is 9.53 Å². The maximum Gasteiger partial charge on any atom is 0.338 e.